The van der Waals surface area contributed by atoms with Crippen molar-refractivity contribution in [2.45, 2.75) is 20.0 Å². The number of carbonyl (C=O) groups excluding carboxylic acids is 1. The number of nitrogens with zero attached hydrogens (tertiary/aromatic N) is 3. The SMILES string of the molecule is Cc1oc(-n2cccc2)c(C#N)c1C(=O)NCc1ccccc1CN(C)C. The number of hydrogen-bond acceptors (Lipinski definition) is 4. The van der Waals surface area contributed by atoms with Crippen molar-refractivity contribution in [3.8, 4) is 12.0 Å². The Kier molecular flexibility index (Phi) is 5.43. The normalized spacial score (nSPS) is 10.8. The average Bonchev–Trinajstić information content (AvgIpc) is 3.27. The predicted molar refractivity (Wildman–Crippen MR) is 102 cm³/mol. The Bertz CT molecular complexity index is 978. The lowest BCUT2D eigenvalue weighted by atomic mass is 10.1. The van der Waals surface area contributed by atoms with Crippen molar-refractivity contribution in [2.75, 3.05) is 14.1 Å². The number of nitrogens with one attached hydrogen (secondary N) is 1. The van der Waals surface area contributed by atoms with Crippen molar-refractivity contribution >= 4 is 5.91 Å². The minimum atomic E-state index is -0.314. The molecule has 3 rings (SSSR count). The number of benzene rings is 1. The summed E-state index contributed by atoms with van der Waals surface area (Å²) in [5.41, 5.74) is 2.72. The van der Waals surface area contributed by atoms with E-state index in [4.69, 9.17) is 4.42 Å². The molecule has 2 aromatic heterocycles. The zero-order valence-corrected chi connectivity index (χ0v) is 15.7. The van der Waals surface area contributed by atoms with Gasteiger partial charge in [0.1, 0.15) is 23.0 Å². The van der Waals surface area contributed by atoms with Crippen LogP contribution in [0, 0.1) is 18.3 Å². The molecule has 0 unspecified atom stereocenters. The highest BCUT2D eigenvalue weighted by Crippen LogP contribution is 2.25. The van der Waals surface area contributed by atoms with E-state index in [0.29, 0.717) is 18.2 Å². The molecular weight excluding hydrogens is 340 g/mol. The lowest BCUT2D eigenvalue weighted by Gasteiger charge is -2.14. The maximum Gasteiger partial charge on any atom is 0.256 e. The van der Waals surface area contributed by atoms with Crippen LogP contribution in [0.1, 0.15) is 32.8 Å². The van der Waals surface area contributed by atoms with Crippen LogP contribution in [-0.4, -0.2) is 29.5 Å². The van der Waals surface area contributed by atoms with E-state index in [0.717, 1.165) is 17.7 Å². The zero-order valence-electron chi connectivity index (χ0n) is 15.7. The Hall–Kier alpha value is -3.30. The van der Waals surface area contributed by atoms with Crippen LogP contribution in [0.4, 0.5) is 0 Å². The predicted octanol–water partition coefficient (Wildman–Crippen LogP) is 3.24. The highest BCUT2D eigenvalue weighted by Gasteiger charge is 2.24. The summed E-state index contributed by atoms with van der Waals surface area (Å²) in [6, 6.07) is 13.8. The Morgan fingerprint density at radius 2 is 1.85 bits per heavy atom. The molecule has 0 aliphatic rings. The van der Waals surface area contributed by atoms with E-state index in [1.54, 1.807) is 23.9 Å². The molecule has 138 valence electrons. The van der Waals surface area contributed by atoms with Gasteiger partial charge in [0, 0.05) is 25.5 Å². The van der Waals surface area contributed by atoms with Gasteiger partial charge in [0.15, 0.2) is 0 Å². The number of nitriles is 1. The zero-order chi connectivity index (χ0) is 19.4. The monoisotopic (exact) mass is 362 g/mol. The molecule has 1 N–H and O–H groups in total. The van der Waals surface area contributed by atoms with Crippen molar-refractivity contribution in [3.05, 3.63) is 76.8 Å². The largest absolute Gasteiger partial charge is 0.443 e. The summed E-state index contributed by atoms with van der Waals surface area (Å²) in [5.74, 6) is 0.471. The standard InChI is InChI=1S/C21H22N4O2/c1-15-19(18(12-22)21(27-15)25-10-6-7-11-25)20(26)23-13-16-8-4-5-9-17(16)14-24(2)3/h4-11H,13-14H2,1-3H3,(H,23,26). The van der Waals surface area contributed by atoms with E-state index in [1.165, 1.54) is 0 Å². The molecule has 6 nitrogen and oxygen atoms in total. The molecule has 0 fully saturated rings. The molecule has 0 aliphatic heterocycles. The van der Waals surface area contributed by atoms with Gasteiger partial charge >= 0.3 is 0 Å². The second-order valence-electron chi connectivity index (χ2n) is 6.60. The van der Waals surface area contributed by atoms with Crippen LogP contribution >= 0.6 is 0 Å². The molecule has 0 atom stereocenters. The number of furan rings is 1. The molecule has 6 heteroatoms. The Balaban J connectivity index is 1.83. The molecule has 1 aromatic carbocycles. The molecule has 1 amide bonds. The van der Waals surface area contributed by atoms with Crippen LogP contribution in [0.2, 0.25) is 0 Å². The first-order valence-electron chi connectivity index (χ1n) is 8.67. The van der Waals surface area contributed by atoms with E-state index >= 15 is 0 Å². The first-order valence-corrected chi connectivity index (χ1v) is 8.67. The van der Waals surface area contributed by atoms with Gasteiger partial charge in [-0.2, -0.15) is 5.26 Å². The highest BCUT2D eigenvalue weighted by atomic mass is 16.4. The van der Waals surface area contributed by atoms with Gasteiger partial charge in [-0.15, -0.1) is 0 Å². The van der Waals surface area contributed by atoms with Crippen LogP contribution in [0.3, 0.4) is 0 Å². The molecule has 0 saturated carbocycles. The van der Waals surface area contributed by atoms with Crippen molar-refractivity contribution in [2.24, 2.45) is 0 Å². The quantitative estimate of drug-likeness (QED) is 0.730. The summed E-state index contributed by atoms with van der Waals surface area (Å²) in [4.78, 5) is 14.9. The van der Waals surface area contributed by atoms with Crippen LogP contribution in [-0.2, 0) is 13.1 Å². The third kappa shape index (κ3) is 3.94. The molecular formula is C21H22N4O2. The fraction of sp³-hybridized carbons (Fsp3) is 0.238. The van der Waals surface area contributed by atoms with Crippen LogP contribution in [0.5, 0.6) is 0 Å². The molecule has 0 saturated heterocycles. The Morgan fingerprint density at radius 1 is 1.19 bits per heavy atom. The Morgan fingerprint density at radius 3 is 2.48 bits per heavy atom. The summed E-state index contributed by atoms with van der Waals surface area (Å²) >= 11 is 0. The van der Waals surface area contributed by atoms with Crippen LogP contribution in [0.15, 0.2) is 53.2 Å². The van der Waals surface area contributed by atoms with Gasteiger partial charge in [0.25, 0.3) is 5.91 Å². The lowest BCUT2D eigenvalue weighted by Crippen LogP contribution is -2.25. The van der Waals surface area contributed by atoms with Gasteiger partial charge in [-0.05, 0) is 44.3 Å². The summed E-state index contributed by atoms with van der Waals surface area (Å²) in [6.07, 6.45) is 3.55. The summed E-state index contributed by atoms with van der Waals surface area (Å²) in [6.45, 7) is 2.87. The fourth-order valence-electron chi connectivity index (χ4n) is 3.05. The maximum absolute atomic E-state index is 12.8. The minimum absolute atomic E-state index is 0.239. The molecule has 0 aliphatic carbocycles. The number of hydrogen-bond donors (Lipinski definition) is 1. The van der Waals surface area contributed by atoms with E-state index < -0.39 is 0 Å². The van der Waals surface area contributed by atoms with Gasteiger partial charge in [-0.1, -0.05) is 24.3 Å². The van der Waals surface area contributed by atoms with Gasteiger partial charge in [-0.25, -0.2) is 0 Å². The summed E-state index contributed by atoms with van der Waals surface area (Å²) in [5, 5.41) is 12.5. The summed E-state index contributed by atoms with van der Waals surface area (Å²) < 4.78 is 7.39. The van der Waals surface area contributed by atoms with Gasteiger partial charge in [0.2, 0.25) is 5.88 Å². The molecule has 27 heavy (non-hydrogen) atoms. The minimum Gasteiger partial charge on any atom is -0.443 e. The maximum atomic E-state index is 12.8. The number of rotatable bonds is 6. The van der Waals surface area contributed by atoms with E-state index in [1.807, 2.05) is 44.4 Å². The van der Waals surface area contributed by atoms with Gasteiger partial charge < -0.3 is 14.6 Å². The molecule has 0 spiro atoms. The first kappa shape index (κ1) is 18.5. The molecule has 3 aromatic rings. The first-order chi connectivity index (χ1) is 13.0. The second kappa shape index (κ2) is 7.94. The van der Waals surface area contributed by atoms with Crippen LogP contribution < -0.4 is 5.32 Å². The highest BCUT2D eigenvalue weighted by molar-refractivity contribution is 5.98. The lowest BCUT2D eigenvalue weighted by molar-refractivity contribution is 0.0949. The van der Waals surface area contributed by atoms with Crippen molar-refractivity contribution < 1.29 is 9.21 Å². The average molecular weight is 362 g/mol. The number of aryl methyl sites for hydroxylation is 1. The fourth-order valence-corrected chi connectivity index (χ4v) is 3.05. The van der Waals surface area contributed by atoms with E-state index in [-0.39, 0.29) is 17.0 Å². The van der Waals surface area contributed by atoms with Crippen molar-refractivity contribution in [1.29, 1.82) is 5.26 Å². The second-order valence-corrected chi connectivity index (χ2v) is 6.60. The Labute approximate surface area is 158 Å². The van der Waals surface area contributed by atoms with E-state index in [9.17, 15) is 10.1 Å². The van der Waals surface area contributed by atoms with Gasteiger partial charge in [-0.3, -0.25) is 9.36 Å². The molecule has 0 radical (unpaired) electrons. The van der Waals surface area contributed by atoms with Gasteiger partial charge in [0.05, 0.1) is 0 Å². The smallest absolute Gasteiger partial charge is 0.256 e. The number of amides is 1. The van der Waals surface area contributed by atoms with Crippen molar-refractivity contribution in [3.63, 3.8) is 0 Å². The topological polar surface area (TPSA) is 74.2 Å². The number of carbonyl (C=O) groups is 1. The summed E-state index contributed by atoms with van der Waals surface area (Å²) in [7, 11) is 4.01. The third-order valence-electron chi connectivity index (χ3n) is 4.29. The number of aromatic nitrogens is 1. The van der Waals surface area contributed by atoms with Crippen molar-refractivity contribution in [1.82, 2.24) is 14.8 Å². The van der Waals surface area contributed by atoms with E-state index in [2.05, 4.69) is 22.4 Å². The molecule has 0 bridgehead atoms. The van der Waals surface area contributed by atoms with Crippen LogP contribution in [0.25, 0.3) is 5.88 Å². The third-order valence-corrected chi connectivity index (χ3v) is 4.29. The molecule has 2 heterocycles.